The number of hydrogen-bond donors (Lipinski definition) is 0. The van der Waals surface area contributed by atoms with E-state index in [0.29, 0.717) is 5.69 Å². The highest BCUT2D eigenvalue weighted by molar-refractivity contribution is 7.71. The molecule has 0 saturated heterocycles. The Hall–Kier alpha value is -2.40. The van der Waals surface area contributed by atoms with Crippen molar-refractivity contribution in [1.29, 1.82) is 0 Å². The summed E-state index contributed by atoms with van der Waals surface area (Å²) in [5.74, 6) is -0.382. The molecule has 0 bridgehead atoms. The minimum Gasteiger partial charge on any atom is -0.435 e. The minimum absolute atomic E-state index is 0.124. The van der Waals surface area contributed by atoms with Crippen LogP contribution in [0.1, 0.15) is 11.3 Å². The van der Waals surface area contributed by atoms with E-state index in [-0.39, 0.29) is 17.2 Å². The van der Waals surface area contributed by atoms with Crippen LogP contribution < -0.4 is 4.84 Å². The molecule has 0 aliphatic rings. The summed E-state index contributed by atoms with van der Waals surface area (Å²) in [5, 5.41) is 2.14. The third-order valence-corrected chi connectivity index (χ3v) is 3.49. The molecule has 21 heavy (non-hydrogen) atoms. The van der Waals surface area contributed by atoms with E-state index in [2.05, 4.69) is 0 Å². The molecule has 2 aromatic carbocycles. The Kier molecular flexibility index (Phi) is 3.58. The zero-order chi connectivity index (χ0) is 14.8. The van der Waals surface area contributed by atoms with Crippen LogP contribution >= 0.6 is 12.2 Å². The Morgan fingerprint density at radius 3 is 2.76 bits per heavy atom. The number of rotatable bonds is 3. The number of carbonyl (C=O) groups excluding carboxylic acids is 1. The van der Waals surface area contributed by atoms with Gasteiger partial charge >= 0.3 is 10.8 Å². The van der Waals surface area contributed by atoms with Gasteiger partial charge in [0.2, 0.25) is 0 Å². The highest BCUT2D eigenvalue weighted by Gasteiger charge is 2.12. The zero-order valence-electron chi connectivity index (χ0n) is 11.4. The van der Waals surface area contributed by atoms with Crippen molar-refractivity contribution in [3.8, 4) is 0 Å². The first kappa shape index (κ1) is 13.6. The quantitative estimate of drug-likeness (QED) is 0.695. The second-order valence-electron chi connectivity index (χ2n) is 4.72. The van der Waals surface area contributed by atoms with Crippen molar-refractivity contribution in [3.05, 3.63) is 64.8 Å². The highest BCUT2D eigenvalue weighted by Crippen LogP contribution is 2.19. The molecular weight excluding hydrogens is 286 g/mol. The molecule has 0 aliphatic heterocycles. The summed E-state index contributed by atoms with van der Waals surface area (Å²) in [6, 6.07) is 13.8. The van der Waals surface area contributed by atoms with E-state index < -0.39 is 0 Å². The molecule has 4 nitrogen and oxygen atoms in total. The van der Waals surface area contributed by atoms with Crippen molar-refractivity contribution >= 4 is 29.0 Å². The van der Waals surface area contributed by atoms with Crippen LogP contribution in [0.15, 0.2) is 53.1 Å². The van der Waals surface area contributed by atoms with E-state index in [9.17, 15) is 4.79 Å². The summed E-state index contributed by atoms with van der Waals surface area (Å²) in [6.07, 6.45) is 1.63. The van der Waals surface area contributed by atoms with Crippen LogP contribution in [0.5, 0.6) is 0 Å². The number of nitrogens with zero attached hydrogens (tertiary/aromatic N) is 1. The number of aryl methyl sites for hydroxylation is 1. The van der Waals surface area contributed by atoms with Crippen LogP contribution in [0.2, 0.25) is 0 Å². The molecule has 0 N–H and O–H groups in total. The van der Waals surface area contributed by atoms with Crippen molar-refractivity contribution in [1.82, 2.24) is 4.73 Å². The fourth-order valence-corrected chi connectivity index (χ4v) is 2.45. The first-order valence-corrected chi connectivity index (χ1v) is 6.91. The maximum Gasteiger partial charge on any atom is 0.337 e. The molecule has 0 fully saturated rings. The van der Waals surface area contributed by atoms with Crippen molar-refractivity contribution in [2.45, 2.75) is 13.3 Å². The van der Waals surface area contributed by atoms with Gasteiger partial charge in [0.25, 0.3) is 0 Å². The second-order valence-corrected chi connectivity index (χ2v) is 5.06. The van der Waals surface area contributed by atoms with Gasteiger partial charge in [-0.3, -0.25) is 0 Å². The first-order valence-electron chi connectivity index (χ1n) is 6.50. The third-order valence-electron chi connectivity index (χ3n) is 3.22. The molecule has 3 rings (SSSR count). The van der Waals surface area contributed by atoms with Gasteiger partial charge < -0.3 is 9.25 Å². The van der Waals surface area contributed by atoms with Gasteiger partial charge in [-0.05, 0) is 35.5 Å². The van der Waals surface area contributed by atoms with E-state index in [1.165, 1.54) is 11.0 Å². The summed E-state index contributed by atoms with van der Waals surface area (Å²) in [5.41, 5.74) is 1.57. The average molecular weight is 299 g/mol. The van der Waals surface area contributed by atoms with Crippen LogP contribution in [0.25, 0.3) is 10.8 Å². The topological polar surface area (TPSA) is 44.4 Å². The summed E-state index contributed by atoms with van der Waals surface area (Å²) >= 11 is 4.95. The predicted molar refractivity (Wildman–Crippen MR) is 81.5 cm³/mol. The molecule has 0 aliphatic carbocycles. The molecule has 3 aromatic rings. The van der Waals surface area contributed by atoms with Crippen molar-refractivity contribution in [3.63, 3.8) is 0 Å². The normalized spacial score (nSPS) is 10.7. The molecule has 0 saturated carbocycles. The number of hydrogen-bond acceptors (Lipinski definition) is 4. The van der Waals surface area contributed by atoms with Gasteiger partial charge in [-0.25, -0.2) is 4.79 Å². The fraction of sp³-hybridized carbons (Fsp3) is 0.125. The van der Waals surface area contributed by atoms with Crippen molar-refractivity contribution in [2.24, 2.45) is 0 Å². The Balaban J connectivity index is 1.86. The zero-order valence-corrected chi connectivity index (χ0v) is 12.2. The van der Waals surface area contributed by atoms with Crippen LogP contribution in [-0.2, 0) is 11.2 Å². The molecule has 0 radical (unpaired) electrons. The maximum absolute atomic E-state index is 12.1. The smallest absolute Gasteiger partial charge is 0.337 e. The van der Waals surface area contributed by atoms with Gasteiger partial charge in [-0.2, -0.15) is 0 Å². The lowest BCUT2D eigenvalue weighted by Gasteiger charge is -2.07. The molecule has 106 valence electrons. The van der Waals surface area contributed by atoms with Crippen LogP contribution in [0, 0.1) is 11.8 Å². The minimum atomic E-state index is -0.382. The van der Waals surface area contributed by atoms with E-state index in [0.717, 1.165) is 16.3 Å². The molecule has 1 aromatic heterocycles. The number of carbonyl (C=O) groups is 1. The van der Waals surface area contributed by atoms with E-state index in [1.807, 2.05) is 42.5 Å². The molecule has 1 heterocycles. The summed E-state index contributed by atoms with van der Waals surface area (Å²) < 4.78 is 6.24. The Labute approximate surface area is 126 Å². The van der Waals surface area contributed by atoms with Gasteiger partial charge in [0.05, 0.1) is 12.1 Å². The first-order chi connectivity index (χ1) is 10.1. The van der Waals surface area contributed by atoms with Gasteiger partial charge in [-0.1, -0.05) is 42.5 Å². The molecule has 0 spiro atoms. The summed E-state index contributed by atoms with van der Waals surface area (Å²) in [4.78, 5) is 17.5. The predicted octanol–water partition coefficient (Wildman–Crippen LogP) is 3.47. The average Bonchev–Trinajstić information content (AvgIpc) is 2.79. The lowest BCUT2D eigenvalue weighted by atomic mass is 10.0. The third kappa shape index (κ3) is 2.73. The number of oxazole rings is 1. The molecule has 0 atom stereocenters. The number of fused-ring (bicyclic) bond motifs is 1. The molecule has 5 heteroatoms. The number of aromatic nitrogens is 1. The van der Waals surface area contributed by atoms with Crippen LogP contribution in [-0.4, -0.2) is 10.7 Å². The highest BCUT2D eigenvalue weighted by atomic mass is 32.1. The van der Waals surface area contributed by atoms with Gasteiger partial charge in [0.1, 0.15) is 6.26 Å². The van der Waals surface area contributed by atoms with Crippen LogP contribution in [0.4, 0.5) is 0 Å². The Morgan fingerprint density at radius 2 is 2.00 bits per heavy atom. The lowest BCUT2D eigenvalue weighted by Crippen LogP contribution is -2.22. The Morgan fingerprint density at radius 1 is 1.24 bits per heavy atom. The standard InChI is InChI=1S/C16H13NO3S/c1-11-10-19-16(21)17(11)20-15(18)9-13-7-4-6-12-5-2-3-8-14(12)13/h2-8,10H,9H2,1H3. The number of benzene rings is 2. The fourth-order valence-electron chi connectivity index (χ4n) is 2.22. The van der Waals surface area contributed by atoms with Gasteiger partial charge in [-0.15, -0.1) is 4.73 Å². The summed E-state index contributed by atoms with van der Waals surface area (Å²) in [7, 11) is 0. The Bertz CT molecular complexity index is 858. The molecule has 0 amide bonds. The van der Waals surface area contributed by atoms with E-state index >= 15 is 0 Å². The van der Waals surface area contributed by atoms with E-state index in [1.54, 1.807) is 6.92 Å². The largest absolute Gasteiger partial charge is 0.435 e. The van der Waals surface area contributed by atoms with Crippen molar-refractivity contribution < 1.29 is 14.0 Å². The van der Waals surface area contributed by atoms with Gasteiger partial charge in [0, 0.05) is 0 Å². The molecular formula is C16H13NO3S. The van der Waals surface area contributed by atoms with E-state index in [4.69, 9.17) is 21.5 Å². The summed E-state index contributed by atoms with van der Waals surface area (Å²) in [6.45, 7) is 1.75. The second kappa shape index (κ2) is 5.54. The van der Waals surface area contributed by atoms with Crippen LogP contribution in [0.3, 0.4) is 0 Å². The maximum atomic E-state index is 12.1. The molecule has 0 unspecified atom stereocenters. The van der Waals surface area contributed by atoms with Gasteiger partial charge in [0.15, 0.2) is 0 Å². The SMILES string of the molecule is Cc1coc(=S)n1OC(=O)Cc1cccc2ccccc12. The monoisotopic (exact) mass is 299 g/mol. The van der Waals surface area contributed by atoms with Crippen molar-refractivity contribution in [2.75, 3.05) is 0 Å². The lowest BCUT2D eigenvalue weighted by molar-refractivity contribution is -0.144.